The maximum atomic E-state index is 2.57. The van der Waals surface area contributed by atoms with Crippen molar-refractivity contribution < 1.29 is 0 Å². The first kappa shape index (κ1) is 111. The van der Waals surface area contributed by atoms with Crippen molar-refractivity contribution >= 4 is 158 Å². The number of hydrogen-bond acceptors (Lipinski definition) is 9. The summed E-state index contributed by atoms with van der Waals surface area (Å²) in [6, 6.07) is 118. The molecule has 0 atom stereocenters. The Balaban J connectivity index is 0.988. The van der Waals surface area contributed by atoms with E-state index >= 15 is 0 Å². The third kappa shape index (κ3) is 34.3. The second-order valence-corrected chi connectivity index (χ2v) is 40.0. The molecule has 0 amide bonds. The molecule has 13 rings (SSSR count). The number of rotatable bonds is 63. The molecular weight excluding hydrogens is 1780 g/mol. The van der Waals surface area contributed by atoms with Gasteiger partial charge in [0, 0.05) is 147 Å². The molecule has 0 unspecified atom stereocenters. The van der Waals surface area contributed by atoms with E-state index in [2.05, 4.69) is 509 Å². The van der Waals surface area contributed by atoms with Gasteiger partial charge in [-0.3, -0.25) is 0 Å². The van der Waals surface area contributed by atoms with Gasteiger partial charge in [0.25, 0.3) is 0 Å². The Morgan fingerprint density at radius 3 is 0.293 bits per heavy atom. The predicted octanol–water partition coefficient (Wildman–Crippen LogP) is 39.6. The van der Waals surface area contributed by atoms with E-state index in [4.69, 9.17) is 0 Å². The zero-order valence-corrected chi connectivity index (χ0v) is 91.4. The summed E-state index contributed by atoms with van der Waals surface area (Å²) < 4.78 is 0. The van der Waals surface area contributed by atoms with Gasteiger partial charge in [-0.15, -0.1) is 0 Å². The van der Waals surface area contributed by atoms with Crippen LogP contribution in [-0.4, -0.2) is 78.5 Å². The van der Waals surface area contributed by atoms with Gasteiger partial charge < -0.3 is 44.1 Å². The van der Waals surface area contributed by atoms with E-state index in [1.165, 1.54) is 222 Å². The van der Waals surface area contributed by atoms with Crippen molar-refractivity contribution in [2.45, 2.75) is 237 Å². The summed E-state index contributed by atoms with van der Waals surface area (Å²) in [4.78, 5) is 22.8. The van der Waals surface area contributed by atoms with Crippen LogP contribution in [0.3, 0.4) is 0 Å². The molecule has 13 aromatic carbocycles. The molecular formula is C138H171N9. The number of benzene rings is 13. The molecule has 0 radical (unpaired) electrons. The molecule has 0 aliphatic carbocycles. The molecule has 768 valence electrons. The molecule has 0 fully saturated rings. The summed E-state index contributed by atoms with van der Waals surface area (Å²) in [5, 5.41) is 0. The van der Waals surface area contributed by atoms with Crippen molar-refractivity contribution in [1.82, 2.24) is 0 Å². The first-order valence-electron chi connectivity index (χ1n) is 56.7. The van der Waals surface area contributed by atoms with Crippen LogP contribution < -0.4 is 44.1 Å². The van der Waals surface area contributed by atoms with Crippen LogP contribution in [0.1, 0.15) is 304 Å². The summed E-state index contributed by atoms with van der Waals surface area (Å²) in [5.74, 6) is 0. The number of hydrogen-bond donors (Lipinski definition) is 0. The lowest BCUT2D eigenvalue weighted by Gasteiger charge is -2.33. The Morgan fingerprint density at radius 2 is 0.204 bits per heavy atom. The SMILES string of the molecule is CCCCN(CCCC)c1ccc(/C=C\c2ccc(N(c3ccc(/C=C/c4ccc(N(CCCC)CCCC)cc4)cc3)c3cc(N(c4ccc(/C=C\c5ccc(N(CCCC)CCCC)cc5)cc4)c4ccc(/C=C/c5ccc(N(CCCC)CCCC)cc5)cc4)cc(N(c4ccc(/C=C/c5ccc(N(CCCC)CCCC)cc5)cc4)c4ccc(/C=C/c5ccc(N(CCCC)CCCC)cc5)cc4)c3)cc2)cc1. The minimum atomic E-state index is 0.978. The van der Waals surface area contributed by atoms with Crippen LogP contribution in [0.25, 0.3) is 72.9 Å². The predicted molar refractivity (Wildman–Crippen MR) is 655 cm³/mol. The van der Waals surface area contributed by atoms with Crippen molar-refractivity contribution in [2.24, 2.45) is 0 Å². The van der Waals surface area contributed by atoms with Crippen LogP contribution in [0.4, 0.5) is 85.3 Å². The summed E-state index contributed by atoms with van der Waals surface area (Å²) in [6.07, 6.45) is 55.6. The highest BCUT2D eigenvalue weighted by Crippen LogP contribution is 2.47. The fourth-order valence-electron chi connectivity index (χ4n) is 19.1. The minimum Gasteiger partial charge on any atom is -0.372 e. The molecule has 0 saturated heterocycles. The Morgan fingerprint density at radius 1 is 0.116 bits per heavy atom. The van der Waals surface area contributed by atoms with Gasteiger partial charge in [0.2, 0.25) is 0 Å². The minimum absolute atomic E-state index is 0.978. The van der Waals surface area contributed by atoms with Gasteiger partial charge in [-0.2, -0.15) is 0 Å². The van der Waals surface area contributed by atoms with E-state index in [1.54, 1.807) is 0 Å². The fraction of sp³-hybridized carbons (Fsp3) is 0.348. The fourth-order valence-corrected chi connectivity index (χ4v) is 19.1. The van der Waals surface area contributed by atoms with Gasteiger partial charge in [0.1, 0.15) is 0 Å². The van der Waals surface area contributed by atoms with E-state index in [-0.39, 0.29) is 0 Å². The van der Waals surface area contributed by atoms with E-state index in [0.29, 0.717) is 0 Å². The summed E-state index contributed by atoms with van der Waals surface area (Å²) in [6.45, 7) is 40.4. The molecule has 9 heteroatoms. The first-order chi connectivity index (χ1) is 72.3. The third-order valence-corrected chi connectivity index (χ3v) is 28.3. The van der Waals surface area contributed by atoms with E-state index < -0.39 is 0 Å². The van der Waals surface area contributed by atoms with E-state index in [9.17, 15) is 0 Å². The monoisotopic (exact) mass is 1950 g/mol. The van der Waals surface area contributed by atoms with Crippen molar-refractivity contribution in [3.8, 4) is 0 Å². The Bertz CT molecular complexity index is 5080. The van der Waals surface area contributed by atoms with Crippen LogP contribution in [0.15, 0.2) is 309 Å². The van der Waals surface area contributed by atoms with Gasteiger partial charge in [-0.25, -0.2) is 0 Å². The van der Waals surface area contributed by atoms with Crippen LogP contribution in [0.2, 0.25) is 0 Å². The van der Waals surface area contributed by atoms with Gasteiger partial charge in [-0.1, -0.05) is 379 Å². The molecule has 0 aliphatic rings. The zero-order valence-electron chi connectivity index (χ0n) is 91.4. The van der Waals surface area contributed by atoms with Crippen molar-refractivity contribution in [3.63, 3.8) is 0 Å². The molecule has 147 heavy (non-hydrogen) atoms. The highest BCUT2D eigenvalue weighted by Gasteiger charge is 2.25. The molecule has 0 N–H and O–H groups in total. The molecule has 13 aromatic rings. The maximum Gasteiger partial charge on any atom is 0.0503 e. The topological polar surface area (TPSA) is 29.2 Å². The van der Waals surface area contributed by atoms with Crippen molar-refractivity contribution in [3.05, 3.63) is 376 Å². The Labute approximate surface area is 888 Å². The summed E-state index contributed by atoms with van der Waals surface area (Å²) in [5.41, 5.74) is 30.6. The van der Waals surface area contributed by atoms with E-state index in [1.807, 2.05) is 0 Å². The molecule has 0 saturated carbocycles. The molecule has 0 heterocycles. The molecule has 0 aromatic heterocycles. The molecule has 0 spiro atoms. The maximum absolute atomic E-state index is 2.57. The standard InChI is InChI=1S/C138H171N9/c1-13-25-97-139(98-26-14-2)124-73-49-112(50-74-124)37-43-118-61-85-130(86-62-118)145(131-87-63-119(64-88-131)44-38-113-51-75-125(76-52-113)140(99-27-15-3)100-28-16-4)136-109-137(146(132-89-65-120(66-90-132)45-39-114-53-77-126(78-54-114)141(101-29-17-5)102-30-18-6)133-91-67-121(68-92-133)46-40-115-55-79-127(80-56-115)142(103-31-19-7)104-32-20-8)111-138(110-136)147(134-93-69-122(70-94-134)47-41-116-57-81-128(82-58-116)143(105-33-21-9)106-34-22-10)135-95-71-123(72-96-135)48-42-117-59-83-129(84-60-117)144(107-35-23-11)108-36-24-12/h37-96,109-111H,13-36,97-108H2,1-12H3/b43-37-,44-38+,45-39-,46-40+,47-41+,48-42+. The van der Waals surface area contributed by atoms with Crippen LogP contribution in [-0.2, 0) is 0 Å². The normalized spacial score (nSPS) is 11.7. The number of nitrogens with zero attached hydrogens (tertiary/aromatic N) is 9. The lowest BCUT2D eigenvalue weighted by Crippen LogP contribution is -2.25. The highest BCUT2D eigenvalue weighted by molar-refractivity contribution is 5.92. The zero-order chi connectivity index (χ0) is 103. The smallest absolute Gasteiger partial charge is 0.0503 e. The second kappa shape index (κ2) is 61.2. The molecule has 0 aliphatic heterocycles. The highest BCUT2D eigenvalue weighted by atomic mass is 15.2. The average molecular weight is 1960 g/mol. The lowest BCUT2D eigenvalue weighted by molar-refractivity contribution is 0.678. The van der Waals surface area contributed by atoms with Gasteiger partial charge in [0.15, 0.2) is 0 Å². The van der Waals surface area contributed by atoms with Crippen LogP contribution in [0.5, 0.6) is 0 Å². The molecule has 0 bridgehead atoms. The summed E-state index contributed by atoms with van der Waals surface area (Å²) in [7, 11) is 0. The first-order valence-corrected chi connectivity index (χ1v) is 56.7. The van der Waals surface area contributed by atoms with Crippen LogP contribution in [0, 0.1) is 0 Å². The van der Waals surface area contributed by atoms with Gasteiger partial charge in [0.05, 0.1) is 17.1 Å². The molecule has 9 nitrogen and oxygen atoms in total. The Hall–Kier alpha value is -13.5. The van der Waals surface area contributed by atoms with Gasteiger partial charge >= 0.3 is 0 Å². The number of unbranched alkanes of at least 4 members (excludes halogenated alkanes) is 12. The third-order valence-electron chi connectivity index (χ3n) is 28.3. The lowest BCUT2D eigenvalue weighted by atomic mass is 10.1. The van der Waals surface area contributed by atoms with Gasteiger partial charge in [-0.05, 0) is 308 Å². The number of anilines is 15. The van der Waals surface area contributed by atoms with Crippen molar-refractivity contribution in [2.75, 3.05) is 123 Å². The van der Waals surface area contributed by atoms with E-state index in [0.717, 1.165) is 163 Å². The van der Waals surface area contributed by atoms with Crippen molar-refractivity contribution in [1.29, 1.82) is 0 Å². The van der Waals surface area contributed by atoms with Crippen LogP contribution >= 0.6 is 0 Å². The second-order valence-electron chi connectivity index (χ2n) is 40.0. The Kier molecular flexibility index (Phi) is 46.1. The average Bonchev–Trinajstić information content (AvgIpc) is 0.759. The largest absolute Gasteiger partial charge is 0.372 e. The summed E-state index contributed by atoms with van der Waals surface area (Å²) >= 11 is 0. The quantitative estimate of drug-likeness (QED) is 0.0346.